The number of nitrogens with one attached hydrogen (secondary N) is 1. The van der Waals surface area contributed by atoms with Crippen LogP contribution in [0.2, 0.25) is 10.0 Å². The number of carbonyl (C=O) groups excluding carboxylic acids is 1. The van der Waals surface area contributed by atoms with Gasteiger partial charge in [0.25, 0.3) is 0 Å². The van der Waals surface area contributed by atoms with E-state index in [1.54, 1.807) is 40.9 Å². The number of ether oxygens (including phenoxy) is 2. The molecule has 0 aliphatic heterocycles. The van der Waals surface area contributed by atoms with Crippen LogP contribution in [-0.2, 0) is 11.2 Å². The Hall–Kier alpha value is -1.60. The second kappa shape index (κ2) is 10.8. The third-order valence-corrected chi connectivity index (χ3v) is 6.17. The summed E-state index contributed by atoms with van der Waals surface area (Å²) in [5.41, 5.74) is -0.509. The summed E-state index contributed by atoms with van der Waals surface area (Å²) in [7, 11) is 1.59. The zero-order chi connectivity index (χ0) is 23.2. The molecule has 2 aromatic rings. The fraction of sp³-hybridized carbons (Fsp3) is 0.435. The van der Waals surface area contributed by atoms with Crippen LogP contribution in [0.5, 0.6) is 5.75 Å². The molecule has 2 rings (SSSR count). The number of halogens is 2. The minimum absolute atomic E-state index is 0.216. The number of alkyl carbamates (subject to hydrolysis) is 1. The summed E-state index contributed by atoms with van der Waals surface area (Å²) < 4.78 is 10.7. The van der Waals surface area contributed by atoms with Gasteiger partial charge in [-0.1, -0.05) is 47.1 Å². The molecule has 2 aromatic carbocycles. The normalized spacial score (nSPS) is 13.4. The van der Waals surface area contributed by atoms with Crippen LogP contribution in [0.4, 0.5) is 4.79 Å². The van der Waals surface area contributed by atoms with Gasteiger partial charge in [0.15, 0.2) is 5.75 Å². The van der Waals surface area contributed by atoms with Crippen molar-refractivity contribution in [1.82, 2.24) is 5.32 Å². The second-order valence-electron chi connectivity index (χ2n) is 8.47. The van der Waals surface area contributed by atoms with Gasteiger partial charge < -0.3 is 19.9 Å². The Labute approximate surface area is 198 Å². The van der Waals surface area contributed by atoms with Crippen LogP contribution in [0.1, 0.15) is 39.7 Å². The highest BCUT2D eigenvalue weighted by molar-refractivity contribution is 7.99. The lowest BCUT2D eigenvalue weighted by Gasteiger charge is -2.30. The lowest BCUT2D eigenvalue weighted by atomic mass is 9.94. The molecule has 0 spiro atoms. The highest BCUT2D eigenvalue weighted by atomic mass is 35.5. The standard InChI is InChI=1S/C23H29Cl2NO4S/c1-22(2,3)30-21(28)26-23(4,14-27)12-11-15-9-10-16(13-18(15)25)31-19-8-6-7-17(24)20(19)29-5/h6-10,13,27H,11-12,14H2,1-5H3,(H,26,28)/t23-/m0/s1. The van der Waals surface area contributed by atoms with E-state index in [1.165, 1.54) is 11.8 Å². The van der Waals surface area contributed by atoms with Crippen LogP contribution in [0.15, 0.2) is 46.2 Å². The van der Waals surface area contributed by atoms with E-state index in [2.05, 4.69) is 5.32 Å². The van der Waals surface area contributed by atoms with Gasteiger partial charge in [0.1, 0.15) is 5.60 Å². The Bertz CT molecular complexity index is 917. The van der Waals surface area contributed by atoms with Crippen LogP contribution in [0, 0.1) is 0 Å². The number of rotatable bonds is 8. The molecule has 0 saturated carbocycles. The van der Waals surface area contributed by atoms with Gasteiger partial charge >= 0.3 is 6.09 Å². The Morgan fingerprint density at radius 2 is 1.84 bits per heavy atom. The number of aliphatic hydroxyl groups excluding tert-OH is 1. The van der Waals surface area contributed by atoms with Crippen LogP contribution in [0.25, 0.3) is 0 Å². The van der Waals surface area contributed by atoms with Crippen molar-refractivity contribution >= 4 is 41.1 Å². The Morgan fingerprint density at radius 3 is 2.42 bits per heavy atom. The fourth-order valence-corrected chi connectivity index (χ4v) is 4.48. The summed E-state index contributed by atoms with van der Waals surface area (Å²) in [6.07, 6.45) is 0.520. The van der Waals surface area contributed by atoms with Gasteiger partial charge in [-0.25, -0.2) is 4.79 Å². The molecule has 2 N–H and O–H groups in total. The summed E-state index contributed by atoms with van der Waals surface area (Å²) >= 11 is 14.2. The van der Waals surface area contributed by atoms with Crippen LogP contribution >= 0.6 is 35.0 Å². The number of para-hydroxylation sites is 1. The number of benzene rings is 2. The number of methoxy groups -OCH3 is 1. The highest BCUT2D eigenvalue weighted by Gasteiger charge is 2.28. The van der Waals surface area contributed by atoms with E-state index in [1.807, 2.05) is 30.3 Å². The predicted molar refractivity (Wildman–Crippen MR) is 127 cm³/mol. The molecule has 0 heterocycles. The topological polar surface area (TPSA) is 67.8 Å². The molecule has 5 nitrogen and oxygen atoms in total. The molecule has 0 aliphatic rings. The quantitative estimate of drug-likeness (QED) is 0.454. The summed E-state index contributed by atoms with van der Waals surface area (Å²) in [4.78, 5) is 14.0. The van der Waals surface area contributed by atoms with E-state index in [0.717, 1.165) is 15.4 Å². The van der Waals surface area contributed by atoms with Crippen molar-refractivity contribution in [1.29, 1.82) is 0 Å². The first kappa shape index (κ1) is 25.7. The number of carbonyl (C=O) groups is 1. The Morgan fingerprint density at radius 1 is 1.13 bits per heavy atom. The molecule has 0 unspecified atom stereocenters. The average Bonchev–Trinajstić information content (AvgIpc) is 2.66. The van der Waals surface area contributed by atoms with Crippen molar-refractivity contribution in [2.45, 2.75) is 61.5 Å². The molecule has 0 aromatic heterocycles. The number of hydrogen-bond acceptors (Lipinski definition) is 5. The Balaban J connectivity index is 2.06. The fourth-order valence-electron chi connectivity index (χ4n) is 2.83. The molecular weight excluding hydrogens is 457 g/mol. The minimum atomic E-state index is -0.826. The first-order valence-electron chi connectivity index (χ1n) is 9.87. The van der Waals surface area contributed by atoms with Crippen molar-refractivity contribution in [2.75, 3.05) is 13.7 Å². The van der Waals surface area contributed by atoms with Gasteiger partial charge in [0, 0.05) is 9.92 Å². The summed E-state index contributed by atoms with van der Waals surface area (Å²) in [6.45, 7) is 6.94. The Kier molecular flexibility index (Phi) is 8.95. The van der Waals surface area contributed by atoms with Crippen LogP contribution in [0.3, 0.4) is 0 Å². The van der Waals surface area contributed by atoms with Gasteiger partial charge in [-0.15, -0.1) is 0 Å². The summed E-state index contributed by atoms with van der Waals surface area (Å²) in [5.74, 6) is 0.626. The van der Waals surface area contributed by atoms with E-state index in [0.29, 0.717) is 28.6 Å². The molecule has 1 atom stereocenters. The maximum Gasteiger partial charge on any atom is 0.408 e. The molecule has 0 fully saturated rings. The van der Waals surface area contributed by atoms with Crippen molar-refractivity contribution in [3.63, 3.8) is 0 Å². The zero-order valence-electron chi connectivity index (χ0n) is 18.4. The third-order valence-electron chi connectivity index (χ3n) is 4.49. The molecule has 170 valence electrons. The van der Waals surface area contributed by atoms with Gasteiger partial charge in [-0.3, -0.25) is 0 Å². The minimum Gasteiger partial charge on any atom is -0.494 e. The number of aryl methyl sites for hydroxylation is 1. The van der Waals surface area contributed by atoms with Gasteiger partial charge in [-0.05, 0) is 70.4 Å². The van der Waals surface area contributed by atoms with Gasteiger partial charge in [-0.2, -0.15) is 0 Å². The molecule has 1 amide bonds. The third kappa shape index (κ3) is 7.79. The van der Waals surface area contributed by atoms with Crippen molar-refractivity contribution in [3.05, 3.63) is 52.0 Å². The first-order chi connectivity index (χ1) is 14.5. The zero-order valence-corrected chi connectivity index (χ0v) is 20.7. The second-order valence-corrected chi connectivity index (χ2v) is 10.4. The molecular formula is C23H29Cl2NO4S. The highest BCUT2D eigenvalue weighted by Crippen LogP contribution is 2.40. The van der Waals surface area contributed by atoms with Crippen LogP contribution < -0.4 is 10.1 Å². The molecule has 0 radical (unpaired) electrons. The van der Waals surface area contributed by atoms with Crippen molar-refractivity contribution in [2.24, 2.45) is 0 Å². The van der Waals surface area contributed by atoms with Gasteiger partial charge in [0.05, 0.1) is 29.2 Å². The predicted octanol–water partition coefficient (Wildman–Crippen LogP) is 6.36. The van der Waals surface area contributed by atoms with E-state index in [-0.39, 0.29) is 6.61 Å². The molecule has 8 heteroatoms. The van der Waals surface area contributed by atoms with E-state index >= 15 is 0 Å². The maximum absolute atomic E-state index is 12.1. The van der Waals surface area contributed by atoms with Gasteiger partial charge in [0.2, 0.25) is 0 Å². The first-order valence-corrected chi connectivity index (χ1v) is 11.4. The lowest BCUT2D eigenvalue weighted by Crippen LogP contribution is -2.50. The van der Waals surface area contributed by atoms with Crippen molar-refractivity contribution < 1.29 is 19.4 Å². The largest absolute Gasteiger partial charge is 0.494 e. The number of amides is 1. The van der Waals surface area contributed by atoms with E-state index < -0.39 is 17.2 Å². The smallest absolute Gasteiger partial charge is 0.408 e. The van der Waals surface area contributed by atoms with Crippen molar-refractivity contribution in [3.8, 4) is 5.75 Å². The lowest BCUT2D eigenvalue weighted by molar-refractivity contribution is 0.0407. The maximum atomic E-state index is 12.1. The van der Waals surface area contributed by atoms with E-state index in [4.69, 9.17) is 32.7 Å². The monoisotopic (exact) mass is 485 g/mol. The molecule has 0 bridgehead atoms. The number of hydrogen-bond donors (Lipinski definition) is 2. The molecule has 31 heavy (non-hydrogen) atoms. The molecule has 0 saturated heterocycles. The molecule has 0 aliphatic carbocycles. The summed E-state index contributed by atoms with van der Waals surface area (Å²) in [6, 6.07) is 11.4. The average molecular weight is 486 g/mol. The van der Waals surface area contributed by atoms with E-state index in [9.17, 15) is 9.90 Å². The summed E-state index contributed by atoms with van der Waals surface area (Å²) in [5, 5.41) is 13.8. The SMILES string of the molecule is COc1c(Cl)cccc1Sc1ccc(CC[C@@](C)(CO)NC(=O)OC(C)(C)C)c(Cl)c1. The van der Waals surface area contributed by atoms with Crippen LogP contribution in [-0.4, -0.2) is 36.1 Å². The number of aliphatic hydroxyl groups is 1.